The first-order valence-corrected chi connectivity index (χ1v) is 5.54. The summed E-state index contributed by atoms with van der Waals surface area (Å²) in [5.74, 6) is -2.29. The third kappa shape index (κ3) is 3.34. The number of amides is 1. The van der Waals surface area contributed by atoms with Gasteiger partial charge in [0.05, 0.1) is 0 Å². The summed E-state index contributed by atoms with van der Waals surface area (Å²) in [6.07, 6.45) is 0. The molecule has 2 aromatic carbocycles. The smallest absolute Gasteiger partial charge is 0.251 e. The predicted molar refractivity (Wildman–Crippen MR) is 63.9 cm³/mol. The highest BCUT2D eigenvalue weighted by Gasteiger charge is 2.08. The van der Waals surface area contributed by atoms with Crippen molar-refractivity contribution in [2.45, 2.75) is 6.54 Å². The fraction of sp³-hybridized carbons (Fsp3) is 0.0714. The Morgan fingerprint density at radius 1 is 1.00 bits per heavy atom. The third-order valence-electron chi connectivity index (χ3n) is 2.53. The van der Waals surface area contributed by atoms with Gasteiger partial charge in [-0.1, -0.05) is 6.07 Å². The van der Waals surface area contributed by atoms with Crippen molar-refractivity contribution < 1.29 is 18.0 Å². The van der Waals surface area contributed by atoms with Crippen LogP contribution in [0.4, 0.5) is 13.2 Å². The molecule has 5 heteroatoms. The van der Waals surface area contributed by atoms with Gasteiger partial charge in [0.15, 0.2) is 0 Å². The fourth-order valence-corrected chi connectivity index (χ4v) is 1.59. The quantitative estimate of drug-likeness (QED) is 0.908. The first kappa shape index (κ1) is 13.1. The van der Waals surface area contributed by atoms with Gasteiger partial charge < -0.3 is 5.32 Å². The van der Waals surface area contributed by atoms with Gasteiger partial charge in [-0.3, -0.25) is 4.79 Å². The molecule has 2 rings (SSSR count). The monoisotopic (exact) mass is 265 g/mol. The van der Waals surface area contributed by atoms with E-state index in [0.717, 1.165) is 24.3 Å². The molecule has 0 unspecified atom stereocenters. The van der Waals surface area contributed by atoms with Crippen LogP contribution in [0.2, 0.25) is 0 Å². The minimum absolute atomic E-state index is 0.0322. The number of hydrogen-bond donors (Lipinski definition) is 1. The van der Waals surface area contributed by atoms with Gasteiger partial charge in [-0.05, 0) is 36.4 Å². The number of carbonyl (C=O) groups is 1. The lowest BCUT2D eigenvalue weighted by Gasteiger charge is -2.06. The van der Waals surface area contributed by atoms with E-state index in [1.165, 1.54) is 18.2 Å². The molecule has 1 amide bonds. The molecule has 0 heterocycles. The first-order chi connectivity index (χ1) is 9.06. The molecule has 0 aliphatic carbocycles. The van der Waals surface area contributed by atoms with E-state index in [4.69, 9.17) is 0 Å². The molecule has 0 aliphatic heterocycles. The van der Waals surface area contributed by atoms with Crippen molar-refractivity contribution in [1.82, 2.24) is 5.32 Å². The molecule has 0 atom stereocenters. The van der Waals surface area contributed by atoms with E-state index in [9.17, 15) is 18.0 Å². The number of nitrogens with one attached hydrogen (secondary N) is 1. The second kappa shape index (κ2) is 5.56. The Labute approximate surface area is 107 Å². The largest absolute Gasteiger partial charge is 0.348 e. The van der Waals surface area contributed by atoms with E-state index in [1.807, 2.05) is 0 Å². The molecule has 2 nitrogen and oxygen atoms in total. The standard InChI is InChI=1S/C14H10F3NO/c15-11-3-1-2-9(6-11)14(19)18-8-10-7-12(16)4-5-13(10)17/h1-7H,8H2,(H,18,19). The molecule has 98 valence electrons. The zero-order valence-corrected chi connectivity index (χ0v) is 9.79. The van der Waals surface area contributed by atoms with Crippen LogP contribution in [0.3, 0.4) is 0 Å². The van der Waals surface area contributed by atoms with Crippen LogP contribution in [0.15, 0.2) is 42.5 Å². The lowest BCUT2D eigenvalue weighted by atomic mass is 10.1. The molecule has 0 saturated heterocycles. The Morgan fingerprint density at radius 3 is 2.47 bits per heavy atom. The van der Waals surface area contributed by atoms with Crippen molar-refractivity contribution in [2.24, 2.45) is 0 Å². The Hall–Kier alpha value is -2.30. The van der Waals surface area contributed by atoms with Crippen molar-refractivity contribution in [3.63, 3.8) is 0 Å². The molecule has 0 aliphatic rings. The summed E-state index contributed by atoms with van der Waals surface area (Å²) in [6, 6.07) is 8.08. The Kier molecular flexibility index (Phi) is 3.85. The summed E-state index contributed by atoms with van der Waals surface area (Å²) in [5, 5.41) is 2.40. The summed E-state index contributed by atoms with van der Waals surface area (Å²) >= 11 is 0. The number of carbonyl (C=O) groups excluding carboxylic acids is 1. The van der Waals surface area contributed by atoms with Crippen LogP contribution >= 0.6 is 0 Å². The predicted octanol–water partition coefficient (Wildman–Crippen LogP) is 3.03. The number of hydrogen-bond acceptors (Lipinski definition) is 1. The normalized spacial score (nSPS) is 10.3. The Bertz CT molecular complexity index is 613. The van der Waals surface area contributed by atoms with Gasteiger partial charge in [0.2, 0.25) is 0 Å². The van der Waals surface area contributed by atoms with Crippen LogP contribution in [-0.4, -0.2) is 5.91 Å². The second-order valence-electron chi connectivity index (χ2n) is 3.93. The zero-order valence-electron chi connectivity index (χ0n) is 9.79. The van der Waals surface area contributed by atoms with Gasteiger partial charge in [-0.25, -0.2) is 13.2 Å². The summed E-state index contributed by atoms with van der Waals surface area (Å²) < 4.78 is 39.1. The van der Waals surface area contributed by atoms with E-state index < -0.39 is 23.4 Å². The molecule has 2 aromatic rings. The second-order valence-corrected chi connectivity index (χ2v) is 3.93. The number of benzene rings is 2. The maximum absolute atomic E-state index is 13.3. The van der Waals surface area contributed by atoms with Crippen molar-refractivity contribution in [3.05, 3.63) is 71.0 Å². The van der Waals surface area contributed by atoms with E-state index in [0.29, 0.717) is 0 Å². The Balaban J connectivity index is 2.06. The highest BCUT2D eigenvalue weighted by molar-refractivity contribution is 5.94. The molecule has 0 saturated carbocycles. The topological polar surface area (TPSA) is 29.1 Å². The van der Waals surface area contributed by atoms with Gasteiger partial charge in [0, 0.05) is 17.7 Å². The summed E-state index contributed by atoms with van der Waals surface area (Å²) in [5.41, 5.74) is 0.154. The molecule has 0 bridgehead atoms. The van der Waals surface area contributed by atoms with Gasteiger partial charge in [0.1, 0.15) is 17.5 Å². The fourth-order valence-electron chi connectivity index (χ4n) is 1.59. The molecule has 0 aromatic heterocycles. The van der Waals surface area contributed by atoms with Crippen molar-refractivity contribution in [3.8, 4) is 0 Å². The summed E-state index contributed by atoms with van der Waals surface area (Å²) in [6.45, 7) is -0.168. The van der Waals surface area contributed by atoms with Crippen LogP contribution in [0.5, 0.6) is 0 Å². The summed E-state index contributed by atoms with van der Waals surface area (Å²) in [7, 11) is 0. The SMILES string of the molecule is O=C(NCc1cc(F)ccc1F)c1cccc(F)c1. The molecule has 0 spiro atoms. The van der Waals surface area contributed by atoms with E-state index in [2.05, 4.69) is 5.32 Å². The first-order valence-electron chi connectivity index (χ1n) is 5.54. The Morgan fingerprint density at radius 2 is 1.74 bits per heavy atom. The van der Waals surface area contributed by atoms with Crippen LogP contribution in [0, 0.1) is 17.5 Å². The highest BCUT2D eigenvalue weighted by atomic mass is 19.1. The van der Waals surface area contributed by atoms with Crippen LogP contribution < -0.4 is 5.32 Å². The van der Waals surface area contributed by atoms with Gasteiger partial charge in [-0.2, -0.15) is 0 Å². The van der Waals surface area contributed by atoms with E-state index in [1.54, 1.807) is 0 Å². The molecule has 0 radical (unpaired) electrons. The number of halogens is 3. The molecule has 0 fully saturated rings. The van der Waals surface area contributed by atoms with Crippen LogP contribution in [0.1, 0.15) is 15.9 Å². The van der Waals surface area contributed by atoms with E-state index in [-0.39, 0.29) is 17.7 Å². The van der Waals surface area contributed by atoms with Gasteiger partial charge in [0.25, 0.3) is 5.91 Å². The van der Waals surface area contributed by atoms with Crippen molar-refractivity contribution >= 4 is 5.91 Å². The van der Waals surface area contributed by atoms with E-state index >= 15 is 0 Å². The summed E-state index contributed by atoms with van der Waals surface area (Å²) in [4.78, 5) is 11.7. The highest BCUT2D eigenvalue weighted by Crippen LogP contribution is 2.10. The average molecular weight is 265 g/mol. The van der Waals surface area contributed by atoms with Crippen LogP contribution in [-0.2, 0) is 6.54 Å². The van der Waals surface area contributed by atoms with Gasteiger partial charge >= 0.3 is 0 Å². The number of rotatable bonds is 3. The molecular formula is C14H10F3NO. The van der Waals surface area contributed by atoms with Gasteiger partial charge in [-0.15, -0.1) is 0 Å². The molecule has 19 heavy (non-hydrogen) atoms. The van der Waals surface area contributed by atoms with Crippen molar-refractivity contribution in [2.75, 3.05) is 0 Å². The van der Waals surface area contributed by atoms with Crippen molar-refractivity contribution in [1.29, 1.82) is 0 Å². The molecule has 1 N–H and O–H groups in total. The third-order valence-corrected chi connectivity index (χ3v) is 2.53. The lowest BCUT2D eigenvalue weighted by Crippen LogP contribution is -2.23. The zero-order chi connectivity index (χ0) is 13.8. The maximum Gasteiger partial charge on any atom is 0.251 e. The minimum atomic E-state index is -0.610. The maximum atomic E-state index is 13.3. The van der Waals surface area contributed by atoms with Crippen LogP contribution in [0.25, 0.3) is 0 Å². The molecular weight excluding hydrogens is 255 g/mol. The lowest BCUT2D eigenvalue weighted by molar-refractivity contribution is 0.0950. The minimum Gasteiger partial charge on any atom is -0.348 e. The average Bonchev–Trinajstić information content (AvgIpc) is 2.39.